The molecule has 38 valence electrons. The monoisotopic (exact) mass is 308 g/mol. The molecule has 0 fully saturated rings. The van der Waals surface area contributed by atoms with Gasteiger partial charge in [-0.1, -0.05) is 0 Å². The van der Waals surface area contributed by atoms with Gasteiger partial charge in [-0.05, 0) is 0 Å². The van der Waals surface area contributed by atoms with Crippen molar-refractivity contribution in [3.8, 4) is 0 Å². The van der Waals surface area contributed by atoms with Gasteiger partial charge < -0.3 is 4.28 Å². The number of hydrogen-bond acceptors (Lipinski definition) is 2. The van der Waals surface area contributed by atoms with Gasteiger partial charge in [0, 0.05) is 39.9 Å². The summed E-state index contributed by atoms with van der Waals surface area (Å²) < 4.78 is 24.4. The van der Waals surface area contributed by atoms with Gasteiger partial charge in [0.05, 0.1) is 0 Å². The molecule has 0 rings (SSSR count). The Morgan fingerprint density at radius 1 is 1.43 bits per heavy atom. The van der Waals surface area contributed by atoms with E-state index in [4.69, 9.17) is 11.4 Å². The molecule has 0 saturated carbocycles. The Balaban J connectivity index is -0.00000000300. The Hall–Kier alpha value is 3.24. The molecule has 3 nitrogen and oxygen atoms in total. The Morgan fingerprint density at radius 3 is 1.43 bits per heavy atom. The molecule has 0 aromatic carbocycles. The van der Waals surface area contributed by atoms with Gasteiger partial charge in [0.2, 0.25) is 0 Å². The van der Waals surface area contributed by atoms with E-state index in [2.05, 4.69) is 0 Å². The van der Waals surface area contributed by atoms with Gasteiger partial charge in [-0.2, -0.15) is 0 Å². The quantitative estimate of drug-likeness (QED) is 0.467. The van der Waals surface area contributed by atoms with E-state index < -0.39 is 15.4 Å². The molecule has 0 spiro atoms. The predicted molar refractivity (Wildman–Crippen MR) is 12.7 cm³/mol. The van der Waals surface area contributed by atoms with E-state index in [1.165, 1.54) is 0 Å². The van der Waals surface area contributed by atoms with E-state index in [0.29, 0.717) is 0 Å². The Kier molecular flexibility index (Phi) is 51.7. The third-order valence-corrected chi connectivity index (χ3v) is 0. The van der Waals surface area contributed by atoms with Crippen molar-refractivity contribution >= 4 is 23.1 Å². The molecule has 0 aliphatic carbocycles. The molecular weight excluding hydrogens is 303 g/mol. The second-order valence-electron chi connectivity index (χ2n) is 0.238. The van der Waals surface area contributed by atoms with Gasteiger partial charge in [-0.3, -0.25) is 0 Å². The Bertz CT molecular complexity index is 72.1. The van der Waals surface area contributed by atoms with E-state index in [0.717, 1.165) is 0 Å². The second-order valence-corrected chi connectivity index (χ2v) is 0.981. The number of rotatable bonds is 0. The van der Waals surface area contributed by atoms with Crippen LogP contribution in [0.1, 0.15) is 4.28 Å². The molecule has 0 amide bonds. The zero-order valence-electron chi connectivity index (χ0n) is 6.77. The molecule has 0 aliphatic heterocycles. The Labute approximate surface area is 121 Å². The van der Waals surface area contributed by atoms with Gasteiger partial charge >= 0.3 is 79.4 Å². The summed E-state index contributed by atoms with van der Waals surface area (Å²) in [5, 5.41) is 0. The van der Waals surface area contributed by atoms with Crippen LogP contribution in [0.3, 0.4) is 0 Å². The van der Waals surface area contributed by atoms with E-state index in [-0.39, 0.29) is 96.8 Å². The topological polar surface area (TPSA) is 54.4 Å². The molecule has 0 saturated heterocycles. The molecule has 0 unspecified atom stereocenters. The fourth-order valence-corrected chi connectivity index (χ4v) is 0. The Morgan fingerprint density at radius 2 is 1.43 bits per heavy atom. The van der Waals surface area contributed by atoms with Crippen LogP contribution in [0, 0.1) is 39.9 Å². The molecular formula is H4GdMgNaO3V. The standard InChI is InChI=1S/Gd.Mg.Na.H2O.2O.V.3H/h;;;1H2;;;;;;/q;+2;+1;;;;+1;3*-1/p-1. The SMILES string of the molecule is [Gd].[H-].[H-].[H-].[Mg+2].[Na+].[O]=[V](=[O])[OH]. The summed E-state index contributed by atoms with van der Waals surface area (Å²) >= 11 is -3.69. The third kappa shape index (κ3) is 46.2. The van der Waals surface area contributed by atoms with Crippen molar-refractivity contribution in [3.05, 3.63) is 0 Å². The molecule has 0 atom stereocenters. The maximum atomic E-state index is 8.67. The summed E-state index contributed by atoms with van der Waals surface area (Å²) in [6, 6.07) is 0. The van der Waals surface area contributed by atoms with Crippen LogP contribution in [0.15, 0.2) is 0 Å². The summed E-state index contributed by atoms with van der Waals surface area (Å²) in [6.07, 6.45) is 0. The van der Waals surface area contributed by atoms with E-state index >= 15 is 0 Å². The summed E-state index contributed by atoms with van der Waals surface area (Å²) in [5.74, 6) is 0. The van der Waals surface area contributed by atoms with Gasteiger partial charge in [-0.25, -0.2) is 0 Å². The average Bonchev–Trinajstić information content (AvgIpc) is 0.811. The van der Waals surface area contributed by atoms with Gasteiger partial charge in [0.25, 0.3) is 0 Å². The van der Waals surface area contributed by atoms with Gasteiger partial charge in [0.15, 0.2) is 0 Å². The molecule has 7 heteroatoms. The van der Waals surface area contributed by atoms with Crippen molar-refractivity contribution in [1.82, 2.24) is 0 Å². The van der Waals surface area contributed by atoms with E-state index in [1.54, 1.807) is 0 Å². The predicted octanol–water partition coefficient (Wildman–Crippen LogP) is -3.84. The first-order valence-corrected chi connectivity index (χ1v) is 2.33. The average molecular weight is 308 g/mol. The van der Waals surface area contributed by atoms with Crippen LogP contribution in [0.2, 0.25) is 0 Å². The molecule has 0 heterocycles. The second kappa shape index (κ2) is 16.1. The van der Waals surface area contributed by atoms with Crippen LogP contribution in [0.5, 0.6) is 0 Å². The van der Waals surface area contributed by atoms with Crippen molar-refractivity contribution < 1.29 is 101 Å². The van der Waals surface area contributed by atoms with E-state index in [9.17, 15) is 0 Å². The molecule has 7 heavy (non-hydrogen) atoms. The third-order valence-electron chi connectivity index (χ3n) is 0. The number of hydrogen-bond donors (Lipinski definition) is 1. The first-order valence-electron chi connectivity index (χ1n) is 0.565. The van der Waals surface area contributed by atoms with Gasteiger partial charge in [0.1, 0.15) is 0 Å². The van der Waals surface area contributed by atoms with Crippen LogP contribution in [-0.2, 0) is 22.7 Å². The van der Waals surface area contributed by atoms with Crippen LogP contribution in [0.4, 0.5) is 0 Å². The summed E-state index contributed by atoms with van der Waals surface area (Å²) in [7, 11) is 0. The minimum atomic E-state index is -3.69. The molecule has 0 radical (unpaired) electrons. The summed E-state index contributed by atoms with van der Waals surface area (Å²) in [6.45, 7) is 0. The molecule has 0 aromatic rings. The van der Waals surface area contributed by atoms with E-state index in [1.807, 2.05) is 0 Å². The van der Waals surface area contributed by atoms with Crippen LogP contribution < -0.4 is 29.6 Å². The van der Waals surface area contributed by atoms with Crippen molar-refractivity contribution in [3.63, 3.8) is 0 Å². The summed E-state index contributed by atoms with van der Waals surface area (Å²) in [4.78, 5) is 0. The first kappa shape index (κ1) is 22.5. The maximum absolute atomic E-state index is 8.67. The molecule has 1 N–H and O–H groups in total. The minimum absolute atomic E-state index is 0. The summed E-state index contributed by atoms with van der Waals surface area (Å²) in [5.41, 5.74) is 0. The zero-order chi connectivity index (χ0) is 3.58. The van der Waals surface area contributed by atoms with Crippen LogP contribution in [0.25, 0.3) is 0 Å². The zero-order valence-corrected chi connectivity index (χ0v) is 10.9. The fraction of sp³-hybridized carbons (Fsp3) is 0. The van der Waals surface area contributed by atoms with Crippen molar-refractivity contribution in [2.75, 3.05) is 0 Å². The fourth-order valence-electron chi connectivity index (χ4n) is 0. The molecule has 0 aliphatic rings. The normalized spacial score (nSPS) is 3.57. The van der Waals surface area contributed by atoms with Crippen molar-refractivity contribution in [2.45, 2.75) is 0 Å². The van der Waals surface area contributed by atoms with Crippen molar-refractivity contribution in [1.29, 1.82) is 0 Å². The first-order chi connectivity index (χ1) is 1.73. The van der Waals surface area contributed by atoms with Crippen LogP contribution in [-0.4, -0.2) is 27.1 Å². The van der Waals surface area contributed by atoms with Gasteiger partial charge in [-0.15, -0.1) is 0 Å². The van der Waals surface area contributed by atoms with Crippen molar-refractivity contribution in [2.24, 2.45) is 0 Å². The molecule has 0 bridgehead atoms. The van der Waals surface area contributed by atoms with Crippen LogP contribution >= 0.6 is 0 Å². The molecule has 0 aromatic heterocycles.